The van der Waals surface area contributed by atoms with Gasteiger partial charge in [-0.15, -0.1) is 0 Å². The number of phenols is 1. The van der Waals surface area contributed by atoms with E-state index in [1.807, 2.05) is 6.07 Å². The van der Waals surface area contributed by atoms with Gasteiger partial charge < -0.3 is 15.2 Å². The van der Waals surface area contributed by atoms with Crippen molar-refractivity contribution in [1.82, 2.24) is 15.2 Å². The van der Waals surface area contributed by atoms with Crippen LogP contribution >= 0.6 is 0 Å². The van der Waals surface area contributed by atoms with Crippen LogP contribution < -0.4 is 0 Å². The quantitative estimate of drug-likeness (QED) is 0.552. The second-order valence-electron chi connectivity index (χ2n) is 3.89. The number of carbonyl (C=O) groups is 1. The van der Waals surface area contributed by atoms with E-state index in [1.54, 1.807) is 18.2 Å². The number of hydrogen-bond donors (Lipinski definition) is 4. The van der Waals surface area contributed by atoms with Gasteiger partial charge in [0.25, 0.3) is 0 Å². The number of nitrogens with zero attached hydrogens (tertiary/aromatic N) is 1. The smallest absolute Gasteiger partial charge is 0.353 e. The Morgan fingerprint density at radius 2 is 2.11 bits per heavy atom. The Hall–Kier alpha value is -2.76. The van der Waals surface area contributed by atoms with Gasteiger partial charge >= 0.3 is 5.97 Å². The van der Waals surface area contributed by atoms with E-state index in [1.165, 1.54) is 6.07 Å². The number of hydrogen-bond acceptors (Lipinski definition) is 3. The lowest BCUT2D eigenvalue weighted by Crippen LogP contribution is -1.95. The highest BCUT2D eigenvalue weighted by Gasteiger charge is 2.12. The Morgan fingerprint density at radius 3 is 2.78 bits per heavy atom. The van der Waals surface area contributed by atoms with Crippen molar-refractivity contribution in [2.45, 2.75) is 0 Å². The summed E-state index contributed by atoms with van der Waals surface area (Å²) in [6.07, 6.45) is 0. The average Bonchev–Trinajstić information content (AvgIpc) is 2.95. The largest absolute Gasteiger partial charge is 0.507 e. The van der Waals surface area contributed by atoms with Gasteiger partial charge in [0.1, 0.15) is 17.1 Å². The number of aromatic nitrogens is 3. The fraction of sp³-hybridized carbons (Fsp3) is 0. The molecule has 6 nitrogen and oxygen atoms in total. The number of carboxylic acid groups (broad SMARTS) is 1. The van der Waals surface area contributed by atoms with Gasteiger partial charge in [-0.3, -0.25) is 5.10 Å². The van der Waals surface area contributed by atoms with Crippen LogP contribution in [0.15, 0.2) is 30.3 Å². The molecule has 3 aromatic rings. The fourth-order valence-corrected chi connectivity index (χ4v) is 1.85. The van der Waals surface area contributed by atoms with E-state index in [9.17, 15) is 9.90 Å². The summed E-state index contributed by atoms with van der Waals surface area (Å²) in [6.45, 7) is 0. The lowest BCUT2D eigenvalue weighted by atomic mass is 10.2. The van der Waals surface area contributed by atoms with E-state index in [0.717, 1.165) is 5.52 Å². The number of carboxylic acids is 1. The number of aromatic amines is 2. The number of H-pyrrole nitrogens is 2. The maximum Gasteiger partial charge on any atom is 0.353 e. The average molecular weight is 243 g/mol. The summed E-state index contributed by atoms with van der Waals surface area (Å²) in [5.41, 5.74) is 1.93. The maximum atomic E-state index is 10.8. The molecular weight excluding hydrogens is 234 g/mol. The van der Waals surface area contributed by atoms with Crippen molar-refractivity contribution < 1.29 is 15.0 Å². The minimum atomic E-state index is -1.06. The zero-order valence-corrected chi connectivity index (χ0v) is 9.14. The van der Waals surface area contributed by atoms with Gasteiger partial charge in [-0.05, 0) is 18.2 Å². The van der Waals surface area contributed by atoms with Crippen molar-refractivity contribution in [3.8, 4) is 17.1 Å². The van der Waals surface area contributed by atoms with Crippen LogP contribution in [-0.4, -0.2) is 31.4 Å². The lowest BCUT2D eigenvalue weighted by molar-refractivity contribution is 0.0690. The third kappa shape index (κ3) is 1.51. The van der Waals surface area contributed by atoms with Crippen molar-refractivity contribution >= 4 is 16.9 Å². The van der Waals surface area contributed by atoms with Gasteiger partial charge in [0.2, 0.25) is 0 Å². The Kier molecular flexibility index (Phi) is 2.09. The Labute approximate surface area is 101 Å². The molecule has 0 aliphatic heterocycles. The molecule has 0 saturated carbocycles. The molecule has 0 spiro atoms. The van der Waals surface area contributed by atoms with Gasteiger partial charge in [0.05, 0.1) is 5.69 Å². The normalized spacial score (nSPS) is 10.9. The molecule has 0 amide bonds. The standard InChI is InChI=1S/C12H9N3O3/c16-11-3-1-2-7-6(11)4-8(13-7)9-5-10(12(17)18)15-14-9/h1-5,13,16H,(H,14,15)(H,17,18). The second kappa shape index (κ2) is 3.63. The Bertz CT molecular complexity index is 742. The molecule has 2 heterocycles. The molecule has 0 saturated heterocycles. The molecule has 1 aromatic carbocycles. The van der Waals surface area contributed by atoms with Crippen LogP contribution in [0, 0.1) is 0 Å². The molecule has 0 aliphatic rings. The molecule has 0 bridgehead atoms. The lowest BCUT2D eigenvalue weighted by Gasteiger charge is -1.91. The Morgan fingerprint density at radius 1 is 1.28 bits per heavy atom. The second-order valence-corrected chi connectivity index (χ2v) is 3.89. The zero-order chi connectivity index (χ0) is 12.7. The molecule has 6 heteroatoms. The van der Waals surface area contributed by atoms with Gasteiger partial charge in [0.15, 0.2) is 0 Å². The number of aromatic hydroxyl groups is 1. The first-order chi connectivity index (χ1) is 8.65. The van der Waals surface area contributed by atoms with Gasteiger partial charge in [-0.2, -0.15) is 5.10 Å². The van der Waals surface area contributed by atoms with Crippen molar-refractivity contribution in [3.63, 3.8) is 0 Å². The van der Waals surface area contributed by atoms with Crippen LogP contribution in [0.2, 0.25) is 0 Å². The summed E-state index contributed by atoms with van der Waals surface area (Å²) in [5, 5.41) is 25.5. The molecule has 90 valence electrons. The van der Waals surface area contributed by atoms with Gasteiger partial charge in [-0.25, -0.2) is 4.79 Å². The van der Waals surface area contributed by atoms with Crippen molar-refractivity contribution in [2.75, 3.05) is 0 Å². The number of benzene rings is 1. The molecule has 3 rings (SSSR count). The predicted octanol–water partition coefficient (Wildman–Crippen LogP) is 1.96. The number of nitrogens with one attached hydrogen (secondary N) is 2. The van der Waals surface area contributed by atoms with Crippen LogP contribution in [0.5, 0.6) is 5.75 Å². The molecule has 0 aliphatic carbocycles. The number of phenolic OH excluding ortho intramolecular Hbond substituents is 1. The molecule has 0 unspecified atom stereocenters. The molecule has 0 atom stereocenters. The van der Waals surface area contributed by atoms with E-state index < -0.39 is 5.97 Å². The summed E-state index contributed by atoms with van der Waals surface area (Å²) in [4.78, 5) is 13.8. The molecule has 4 N–H and O–H groups in total. The van der Waals surface area contributed by atoms with E-state index in [-0.39, 0.29) is 11.4 Å². The highest BCUT2D eigenvalue weighted by Crippen LogP contribution is 2.29. The number of aromatic carboxylic acids is 1. The summed E-state index contributed by atoms with van der Waals surface area (Å²) in [6, 6.07) is 8.30. The summed E-state index contributed by atoms with van der Waals surface area (Å²) < 4.78 is 0. The highest BCUT2D eigenvalue weighted by molar-refractivity contribution is 5.91. The summed E-state index contributed by atoms with van der Waals surface area (Å²) in [7, 11) is 0. The number of fused-ring (bicyclic) bond motifs is 1. The van der Waals surface area contributed by atoms with Crippen molar-refractivity contribution in [2.24, 2.45) is 0 Å². The molecular formula is C12H9N3O3. The van der Waals surface area contributed by atoms with Gasteiger partial charge in [0, 0.05) is 17.0 Å². The van der Waals surface area contributed by atoms with E-state index in [4.69, 9.17) is 5.11 Å². The summed E-state index contributed by atoms with van der Waals surface area (Å²) in [5.74, 6) is -0.892. The molecule has 2 aromatic heterocycles. The zero-order valence-electron chi connectivity index (χ0n) is 9.14. The Balaban J connectivity index is 2.13. The van der Waals surface area contributed by atoms with Crippen LogP contribution in [-0.2, 0) is 0 Å². The van der Waals surface area contributed by atoms with Crippen molar-refractivity contribution in [1.29, 1.82) is 0 Å². The van der Waals surface area contributed by atoms with Crippen LogP contribution in [0.1, 0.15) is 10.5 Å². The van der Waals surface area contributed by atoms with Crippen LogP contribution in [0.3, 0.4) is 0 Å². The minimum absolute atomic E-state index is 0.0212. The van der Waals surface area contributed by atoms with E-state index >= 15 is 0 Å². The monoisotopic (exact) mass is 243 g/mol. The minimum Gasteiger partial charge on any atom is -0.507 e. The first-order valence-corrected chi connectivity index (χ1v) is 5.25. The SMILES string of the molecule is O=C(O)c1cc(-c2cc3c(O)cccc3[nH]2)n[nH]1. The first-order valence-electron chi connectivity index (χ1n) is 5.25. The predicted molar refractivity (Wildman–Crippen MR) is 64.5 cm³/mol. The van der Waals surface area contributed by atoms with Gasteiger partial charge in [-0.1, -0.05) is 6.07 Å². The maximum absolute atomic E-state index is 10.8. The highest BCUT2D eigenvalue weighted by atomic mass is 16.4. The number of rotatable bonds is 2. The molecule has 0 fully saturated rings. The van der Waals surface area contributed by atoms with E-state index in [0.29, 0.717) is 16.8 Å². The third-order valence-electron chi connectivity index (χ3n) is 2.73. The van der Waals surface area contributed by atoms with Crippen LogP contribution in [0.4, 0.5) is 0 Å². The fourth-order valence-electron chi connectivity index (χ4n) is 1.85. The van der Waals surface area contributed by atoms with Crippen molar-refractivity contribution in [3.05, 3.63) is 36.0 Å². The first kappa shape index (κ1) is 10.4. The molecule has 0 radical (unpaired) electrons. The third-order valence-corrected chi connectivity index (χ3v) is 2.73. The van der Waals surface area contributed by atoms with Crippen LogP contribution in [0.25, 0.3) is 22.3 Å². The topological polar surface area (TPSA) is 102 Å². The van der Waals surface area contributed by atoms with E-state index in [2.05, 4.69) is 15.2 Å². The molecule has 18 heavy (non-hydrogen) atoms. The summed E-state index contributed by atoms with van der Waals surface area (Å²) >= 11 is 0.